The van der Waals surface area contributed by atoms with E-state index in [2.05, 4.69) is 4.98 Å². The maximum atomic E-state index is 13.2. The molecule has 24 heavy (non-hydrogen) atoms. The summed E-state index contributed by atoms with van der Waals surface area (Å²) in [5.41, 5.74) is 8.00. The Morgan fingerprint density at radius 2 is 1.92 bits per heavy atom. The molecule has 0 aliphatic heterocycles. The number of halogens is 1. The fourth-order valence-electron chi connectivity index (χ4n) is 2.69. The zero-order valence-corrected chi connectivity index (χ0v) is 13.6. The summed E-state index contributed by atoms with van der Waals surface area (Å²) in [6.45, 7) is 3.90. The molecule has 3 rings (SSSR count). The third kappa shape index (κ3) is 3.08. The molecule has 0 aliphatic rings. The van der Waals surface area contributed by atoms with Gasteiger partial charge in [0, 0.05) is 30.6 Å². The summed E-state index contributed by atoms with van der Waals surface area (Å²) in [4.78, 5) is 16.8. The smallest absolute Gasteiger partial charge is 0.333 e. The number of rotatable bonds is 4. The molecule has 2 N–H and O–H groups in total. The van der Waals surface area contributed by atoms with E-state index in [4.69, 9.17) is 5.73 Å². The molecule has 2 heterocycles. The Bertz CT molecular complexity index is 910. The van der Waals surface area contributed by atoms with E-state index in [1.807, 2.05) is 26.1 Å². The fourth-order valence-corrected chi connectivity index (χ4v) is 2.69. The third-order valence-electron chi connectivity index (χ3n) is 3.86. The molecule has 5 nitrogen and oxygen atoms in total. The van der Waals surface area contributed by atoms with Crippen LogP contribution in [0.4, 0.5) is 10.2 Å². The van der Waals surface area contributed by atoms with Gasteiger partial charge in [-0.2, -0.15) is 0 Å². The number of hydrogen-bond acceptors (Lipinski definition) is 3. The Morgan fingerprint density at radius 3 is 2.54 bits per heavy atom. The van der Waals surface area contributed by atoms with Crippen molar-refractivity contribution < 1.29 is 4.39 Å². The molecule has 0 spiro atoms. The van der Waals surface area contributed by atoms with Gasteiger partial charge < -0.3 is 5.73 Å². The summed E-state index contributed by atoms with van der Waals surface area (Å²) in [5.74, 6) is 0.102. The number of nitrogen functional groups attached to an aromatic ring is 1. The van der Waals surface area contributed by atoms with Crippen LogP contribution in [0.1, 0.15) is 31.1 Å². The minimum Gasteiger partial charge on any atom is -0.384 e. The fraction of sp³-hybridized carbons (Fsp3) is 0.222. The van der Waals surface area contributed by atoms with Crippen molar-refractivity contribution in [2.45, 2.75) is 26.3 Å². The molecule has 0 unspecified atom stereocenters. The lowest BCUT2D eigenvalue weighted by Crippen LogP contribution is -2.25. The second-order valence-corrected chi connectivity index (χ2v) is 5.98. The lowest BCUT2D eigenvalue weighted by molar-refractivity contribution is 0.574. The van der Waals surface area contributed by atoms with Crippen LogP contribution in [-0.2, 0) is 6.42 Å². The van der Waals surface area contributed by atoms with Crippen molar-refractivity contribution in [3.8, 4) is 5.69 Å². The summed E-state index contributed by atoms with van der Waals surface area (Å²) in [6.07, 6.45) is 4.01. The van der Waals surface area contributed by atoms with Crippen molar-refractivity contribution in [3.05, 3.63) is 76.4 Å². The van der Waals surface area contributed by atoms with Crippen molar-refractivity contribution in [1.29, 1.82) is 0 Å². The molecular weight excluding hydrogens is 307 g/mol. The van der Waals surface area contributed by atoms with Gasteiger partial charge in [-0.15, -0.1) is 0 Å². The maximum Gasteiger partial charge on any atom is 0.333 e. The number of imidazole rings is 1. The highest BCUT2D eigenvalue weighted by atomic mass is 19.1. The second-order valence-electron chi connectivity index (χ2n) is 5.98. The van der Waals surface area contributed by atoms with Crippen molar-refractivity contribution in [3.63, 3.8) is 0 Å². The zero-order chi connectivity index (χ0) is 17.3. The van der Waals surface area contributed by atoms with Crippen LogP contribution in [0.2, 0.25) is 0 Å². The molecule has 1 aromatic carbocycles. The van der Waals surface area contributed by atoms with Crippen molar-refractivity contribution >= 4 is 5.82 Å². The van der Waals surface area contributed by atoms with Gasteiger partial charge >= 0.3 is 5.69 Å². The summed E-state index contributed by atoms with van der Waals surface area (Å²) in [6, 6.07) is 9.58. The highest BCUT2D eigenvalue weighted by Crippen LogP contribution is 2.17. The van der Waals surface area contributed by atoms with Crippen LogP contribution in [-0.4, -0.2) is 14.1 Å². The molecule has 0 saturated carbocycles. The largest absolute Gasteiger partial charge is 0.384 e. The molecule has 124 valence electrons. The first-order chi connectivity index (χ1) is 11.5. The summed E-state index contributed by atoms with van der Waals surface area (Å²) >= 11 is 0. The molecule has 0 radical (unpaired) electrons. The summed E-state index contributed by atoms with van der Waals surface area (Å²) in [7, 11) is 0. The van der Waals surface area contributed by atoms with E-state index in [0.29, 0.717) is 17.9 Å². The first kappa shape index (κ1) is 16.0. The molecular formula is C18H19FN4O. The van der Waals surface area contributed by atoms with Crippen molar-refractivity contribution in [2.75, 3.05) is 5.73 Å². The molecule has 0 aliphatic carbocycles. The number of benzene rings is 1. The molecule has 0 bridgehead atoms. The standard InChI is InChI=1S/C18H19FN4O/c1-12(2)22-11-16(9-13-7-8-21-17(20)10-13)23(18(22)24)15-5-3-14(19)4-6-15/h3-8,10-12H,9H2,1-2H3,(H2,20,21). The van der Waals surface area contributed by atoms with Gasteiger partial charge in [0.1, 0.15) is 11.6 Å². The van der Waals surface area contributed by atoms with Gasteiger partial charge in [-0.25, -0.2) is 14.2 Å². The Balaban J connectivity index is 2.12. The minimum absolute atomic E-state index is 0.0282. The Hall–Kier alpha value is -2.89. The predicted molar refractivity (Wildman–Crippen MR) is 91.8 cm³/mol. The molecule has 0 fully saturated rings. The summed E-state index contributed by atoms with van der Waals surface area (Å²) < 4.78 is 16.5. The van der Waals surface area contributed by atoms with E-state index in [1.54, 1.807) is 33.5 Å². The number of nitrogens with two attached hydrogens (primary N) is 1. The topological polar surface area (TPSA) is 65.8 Å². The van der Waals surface area contributed by atoms with Gasteiger partial charge in [0.2, 0.25) is 0 Å². The van der Waals surface area contributed by atoms with Gasteiger partial charge in [0.15, 0.2) is 0 Å². The van der Waals surface area contributed by atoms with Gasteiger partial charge in [-0.3, -0.25) is 9.13 Å². The minimum atomic E-state index is -0.335. The van der Waals surface area contributed by atoms with E-state index >= 15 is 0 Å². The van der Waals surface area contributed by atoms with E-state index in [1.165, 1.54) is 12.1 Å². The predicted octanol–water partition coefficient (Wildman–Crippen LogP) is 2.93. The van der Waals surface area contributed by atoms with Gasteiger partial charge in [-0.1, -0.05) is 0 Å². The van der Waals surface area contributed by atoms with Gasteiger partial charge in [-0.05, 0) is 55.8 Å². The van der Waals surface area contributed by atoms with Crippen LogP contribution in [0.25, 0.3) is 5.69 Å². The van der Waals surface area contributed by atoms with E-state index in [9.17, 15) is 9.18 Å². The van der Waals surface area contributed by atoms with E-state index in [-0.39, 0.29) is 17.5 Å². The Morgan fingerprint density at radius 1 is 1.21 bits per heavy atom. The van der Waals surface area contributed by atoms with Crippen molar-refractivity contribution in [1.82, 2.24) is 14.1 Å². The third-order valence-corrected chi connectivity index (χ3v) is 3.86. The van der Waals surface area contributed by atoms with Crippen LogP contribution in [0.15, 0.2) is 53.6 Å². The number of anilines is 1. The average molecular weight is 326 g/mol. The molecule has 0 saturated heterocycles. The van der Waals surface area contributed by atoms with Gasteiger partial charge in [0.05, 0.1) is 5.69 Å². The number of hydrogen-bond donors (Lipinski definition) is 1. The van der Waals surface area contributed by atoms with Crippen LogP contribution in [0.5, 0.6) is 0 Å². The molecule has 3 aromatic rings. The summed E-state index contributed by atoms with van der Waals surface area (Å²) in [5, 5.41) is 0. The molecule has 0 amide bonds. The normalized spacial score (nSPS) is 11.2. The highest BCUT2D eigenvalue weighted by molar-refractivity contribution is 5.38. The van der Waals surface area contributed by atoms with Crippen molar-refractivity contribution in [2.24, 2.45) is 0 Å². The lowest BCUT2D eigenvalue weighted by atomic mass is 10.1. The number of aromatic nitrogens is 3. The Labute approximate surface area is 139 Å². The number of nitrogens with zero attached hydrogens (tertiary/aromatic N) is 3. The average Bonchev–Trinajstić information content (AvgIpc) is 2.85. The first-order valence-electron chi connectivity index (χ1n) is 7.75. The first-order valence-corrected chi connectivity index (χ1v) is 7.75. The SMILES string of the molecule is CC(C)n1cc(Cc2ccnc(N)c2)n(-c2ccc(F)cc2)c1=O. The number of pyridine rings is 1. The zero-order valence-electron chi connectivity index (χ0n) is 13.6. The molecule has 0 atom stereocenters. The highest BCUT2D eigenvalue weighted by Gasteiger charge is 2.15. The Kier molecular flexibility index (Phi) is 4.20. The van der Waals surface area contributed by atoms with Crippen LogP contribution < -0.4 is 11.4 Å². The van der Waals surface area contributed by atoms with E-state index < -0.39 is 0 Å². The second kappa shape index (κ2) is 6.31. The van der Waals surface area contributed by atoms with Crippen LogP contribution >= 0.6 is 0 Å². The lowest BCUT2D eigenvalue weighted by Gasteiger charge is -2.08. The van der Waals surface area contributed by atoms with Gasteiger partial charge in [0.25, 0.3) is 0 Å². The quantitative estimate of drug-likeness (QED) is 0.801. The van der Waals surface area contributed by atoms with Crippen LogP contribution in [0, 0.1) is 5.82 Å². The molecule has 6 heteroatoms. The maximum absolute atomic E-state index is 13.2. The van der Waals surface area contributed by atoms with E-state index in [0.717, 1.165) is 11.3 Å². The monoisotopic (exact) mass is 326 g/mol. The molecule has 2 aromatic heterocycles. The van der Waals surface area contributed by atoms with Crippen LogP contribution in [0.3, 0.4) is 0 Å².